The number of rotatable bonds is 4. The first kappa shape index (κ1) is 14.3. The van der Waals surface area contributed by atoms with Gasteiger partial charge in [-0.25, -0.2) is 0 Å². The Balaban J connectivity index is 2.13. The van der Waals surface area contributed by atoms with Gasteiger partial charge in [0.05, 0.1) is 0 Å². The highest BCUT2D eigenvalue weighted by Crippen LogP contribution is 2.21. The van der Waals surface area contributed by atoms with Crippen LogP contribution < -0.4 is 4.74 Å². The van der Waals surface area contributed by atoms with Crippen LogP contribution in [0.1, 0.15) is 39.5 Å². The van der Waals surface area contributed by atoms with Gasteiger partial charge in [-0.15, -0.1) is 0 Å². The van der Waals surface area contributed by atoms with Gasteiger partial charge in [-0.1, -0.05) is 23.8 Å². The van der Waals surface area contributed by atoms with Crippen LogP contribution in [0.2, 0.25) is 0 Å². The van der Waals surface area contributed by atoms with E-state index in [9.17, 15) is 4.79 Å². The highest BCUT2D eigenvalue weighted by atomic mass is 16.5. The molecule has 0 heterocycles. The number of hydrogen-bond acceptors (Lipinski definition) is 2. The van der Waals surface area contributed by atoms with Gasteiger partial charge in [-0.3, -0.25) is 4.79 Å². The molecule has 0 fully saturated rings. The Kier molecular flexibility index (Phi) is 4.23. The topological polar surface area (TPSA) is 26.3 Å². The zero-order chi connectivity index (χ0) is 14.7. The Morgan fingerprint density at radius 2 is 1.75 bits per heavy atom. The Labute approximate surface area is 120 Å². The normalized spacial score (nSPS) is 10.4. The molecule has 0 spiro atoms. The van der Waals surface area contributed by atoms with Crippen molar-refractivity contribution in [3.8, 4) is 5.75 Å². The molecule has 0 saturated carbocycles. The lowest BCUT2D eigenvalue weighted by molar-refractivity contribution is 0.101. The highest BCUT2D eigenvalue weighted by molar-refractivity contribution is 5.94. The summed E-state index contributed by atoms with van der Waals surface area (Å²) in [4.78, 5) is 11.3. The van der Waals surface area contributed by atoms with Gasteiger partial charge in [-0.05, 0) is 62.6 Å². The van der Waals surface area contributed by atoms with Gasteiger partial charge < -0.3 is 4.74 Å². The summed E-state index contributed by atoms with van der Waals surface area (Å²) in [6, 6.07) is 11.9. The molecule has 0 aromatic heterocycles. The SMILES string of the molecule is CC(=O)c1ccc(OCc2ccc(C)cc2C)c(C)c1. The maximum Gasteiger partial charge on any atom is 0.159 e. The number of ketones is 1. The van der Waals surface area contributed by atoms with Gasteiger partial charge in [0, 0.05) is 5.56 Å². The lowest BCUT2D eigenvalue weighted by Crippen LogP contribution is -2.01. The van der Waals surface area contributed by atoms with E-state index in [0.717, 1.165) is 16.9 Å². The van der Waals surface area contributed by atoms with Crippen molar-refractivity contribution >= 4 is 5.78 Å². The van der Waals surface area contributed by atoms with E-state index in [1.165, 1.54) is 16.7 Å². The van der Waals surface area contributed by atoms with Crippen molar-refractivity contribution in [2.75, 3.05) is 0 Å². The maximum absolute atomic E-state index is 11.3. The van der Waals surface area contributed by atoms with E-state index in [2.05, 4.69) is 32.0 Å². The van der Waals surface area contributed by atoms with Gasteiger partial charge in [0.2, 0.25) is 0 Å². The molecule has 2 aromatic rings. The first-order chi connectivity index (χ1) is 9.47. The molecule has 0 aliphatic heterocycles. The summed E-state index contributed by atoms with van der Waals surface area (Å²) in [7, 11) is 0. The van der Waals surface area contributed by atoms with Crippen molar-refractivity contribution in [1.82, 2.24) is 0 Å². The fraction of sp³-hybridized carbons (Fsp3) is 0.278. The fourth-order valence-corrected chi connectivity index (χ4v) is 2.19. The number of benzene rings is 2. The van der Waals surface area contributed by atoms with Crippen LogP contribution in [-0.4, -0.2) is 5.78 Å². The van der Waals surface area contributed by atoms with Crippen LogP contribution in [0, 0.1) is 20.8 Å². The number of Topliss-reactive ketones (excluding diaryl/α,β-unsaturated/α-hetero) is 1. The molecule has 0 amide bonds. The number of carbonyl (C=O) groups is 1. The molecule has 0 aliphatic rings. The summed E-state index contributed by atoms with van der Waals surface area (Å²) in [5, 5.41) is 0. The molecule has 20 heavy (non-hydrogen) atoms. The van der Waals surface area contributed by atoms with Crippen molar-refractivity contribution in [2.24, 2.45) is 0 Å². The average Bonchev–Trinajstić information content (AvgIpc) is 2.38. The molecule has 0 bridgehead atoms. The smallest absolute Gasteiger partial charge is 0.159 e. The highest BCUT2D eigenvalue weighted by Gasteiger charge is 2.06. The molecular weight excluding hydrogens is 248 g/mol. The molecule has 2 heteroatoms. The maximum atomic E-state index is 11.3. The molecule has 0 atom stereocenters. The third-order valence-electron chi connectivity index (χ3n) is 3.46. The van der Waals surface area contributed by atoms with Crippen LogP contribution in [0.25, 0.3) is 0 Å². The van der Waals surface area contributed by atoms with E-state index in [1.807, 2.05) is 25.1 Å². The second kappa shape index (κ2) is 5.91. The van der Waals surface area contributed by atoms with Crippen molar-refractivity contribution in [2.45, 2.75) is 34.3 Å². The molecule has 0 radical (unpaired) electrons. The monoisotopic (exact) mass is 268 g/mol. The van der Waals surface area contributed by atoms with E-state index in [1.54, 1.807) is 6.92 Å². The van der Waals surface area contributed by atoms with Crippen LogP contribution in [0.15, 0.2) is 36.4 Å². The zero-order valence-electron chi connectivity index (χ0n) is 12.5. The number of hydrogen-bond donors (Lipinski definition) is 0. The second-order valence-electron chi connectivity index (χ2n) is 5.26. The Hall–Kier alpha value is -2.09. The first-order valence-electron chi connectivity index (χ1n) is 6.78. The summed E-state index contributed by atoms with van der Waals surface area (Å²) in [5.74, 6) is 0.906. The summed E-state index contributed by atoms with van der Waals surface area (Å²) in [5.41, 5.74) is 5.39. The molecule has 2 aromatic carbocycles. The molecule has 0 saturated heterocycles. The molecule has 0 unspecified atom stereocenters. The second-order valence-corrected chi connectivity index (χ2v) is 5.26. The molecular formula is C18H20O2. The van der Waals surface area contributed by atoms with Crippen LogP contribution >= 0.6 is 0 Å². The Morgan fingerprint density at radius 1 is 1.00 bits per heavy atom. The summed E-state index contributed by atoms with van der Waals surface area (Å²) < 4.78 is 5.87. The lowest BCUT2D eigenvalue weighted by atomic mass is 10.1. The van der Waals surface area contributed by atoms with Crippen LogP contribution in [0.5, 0.6) is 5.75 Å². The minimum absolute atomic E-state index is 0.0778. The minimum atomic E-state index is 0.0778. The van der Waals surface area contributed by atoms with E-state index < -0.39 is 0 Å². The number of carbonyl (C=O) groups excluding carboxylic acids is 1. The third kappa shape index (κ3) is 3.27. The third-order valence-corrected chi connectivity index (χ3v) is 3.46. The van der Waals surface area contributed by atoms with Crippen LogP contribution in [-0.2, 0) is 6.61 Å². The Morgan fingerprint density at radius 3 is 2.35 bits per heavy atom. The number of ether oxygens (including phenoxy) is 1. The fourth-order valence-electron chi connectivity index (χ4n) is 2.19. The molecule has 0 aliphatic carbocycles. The first-order valence-corrected chi connectivity index (χ1v) is 6.78. The number of aryl methyl sites for hydroxylation is 3. The summed E-state index contributed by atoms with van der Waals surface area (Å²) >= 11 is 0. The largest absolute Gasteiger partial charge is 0.489 e. The minimum Gasteiger partial charge on any atom is -0.489 e. The molecule has 2 nitrogen and oxygen atoms in total. The molecule has 0 N–H and O–H groups in total. The van der Waals surface area contributed by atoms with Crippen LogP contribution in [0.4, 0.5) is 0 Å². The van der Waals surface area contributed by atoms with Gasteiger partial charge in [0.1, 0.15) is 12.4 Å². The van der Waals surface area contributed by atoms with Crippen LogP contribution in [0.3, 0.4) is 0 Å². The Bertz CT molecular complexity index is 642. The molecule has 104 valence electrons. The quantitative estimate of drug-likeness (QED) is 0.768. The van der Waals surface area contributed by atoms with Gasteiger partial charge in [0.15, 0.2) is 5.78 Å². The van der Waals surface area contributed by atoms with E-state index >= 15 is 0 Å². The summed E-state index contributed by atoms with van der Waals surface area (Å²) in [6.45, 7) is 8.26. The zero-order valence-corrected chi connectivity index (χ0v) is 12.5. The van der Waals surface area contributed by atoms with Crippen molar-refractivity contribution < 1.29 is 9.53 Å². The van der Waals surface area contributed by atoms with E-state index in [4.69, 9.17) is 4.74 Å². The predicted molar refractivity (Wildman–Crippen MR) is 81.4 cm³/mol. The van der Waals surface area contributed by atoms with Crippen molar-refractivity contribution in [1.29, 1.82) is 0 Å². The van der Waals surface area contributed by atoms with Crippen molar-refractivity contribution in [3.63, 3.8) is 0 Å². The average molecular weight is 268 g/mol. The summed E-state index contributed by atoms with van der Waals surface area (Å²) in [6.07, 6.45) is 0. The van der Waals surface area contributed by atoms with E-state index in [-0.39, 0.29) is 5.78 Å². The predicted octanol–water partition coefficient (Wildman–Crippen LogP) is 4.39. The lowest BCUT2D eigenvalue weighted by Gasteiger charge is -2.12. The van der Waals surface area contributed by atoms with Gasteiger partial charge >= 0.3 is 0 Å². The molecule has 2 rings (SSSR count). The van der Waals surface area contributed by atoms with E-state index in [0.29, 0.717) is 6.61 Å². The van der Waals surface area contributed by atoms with Gasteiger partial charge in [-0.2, -0.15) is 0 Å². The standard InChI is InChI=1S/C18H20O2/c1-12-5-6-17(13(2)9-12)11-20-18-8-7-16(15(4)19)10-14(18)3/h5-10H,11H2,1-4H3. The van der Waals surface area contributed by atoms with Gasteiger partial charge in [0.25, 0.3) is 0 Å². The van der Waals surface area contributed by atoms with Crippen molar-refractivity contribution in [3.05, 3.63) is 64.2 Å².